The smallest absolute Gasteiger partial charge is 0.0960 e. The Kier molecular flexibility index (Phi) is 1.89. The Morgan fingerprint density at radius 1 is 1.22 bits per heavy atom. The molecule has 18 heavy (non-hydrogen) atoms. The number of hydrogen-bond acceptors (Lipinski definition) is 2. The summed E-state index contributed by atoms with van der Waals surface area (Å²) in [5, 5.41) is 4.21. The quantitative estimate of drug-likeness (QED) is 0.688. The zero-order valence-corrected chi connectivity index (χ0v) is 10.2. The van der Waals surface area contributed by atoms with E-state index < -0.39 is 0 Å². The molecule has 4 nitrogen and oxygen atoms in total. The SMILES string of the molecule is Cn1cc(-c2ccc3c(c2)ncn3C2CC2)cn1. The number of fused-ring (bicyclic) bond motifs is 1. The topological polar surface area (TPSA) is 35.6 Å². The van der Waals surface area contributed by atoms with Gasteiger partial charge in [-0.1, -0.05) is 6.07 Å². The minimum absolute atomic E-state index is 0.680. The molecular formula is C14H14N4. The average molecular weight is 238 g/mol. The maximum atomic E-state index is 4.51. The predicted molar refractivity (Wildman–Crippen MR) is 70.2 cm³/mol. The number of imidazole rings is 1. The standard InChI is InChI=1S/C14H14N4/c1-17-8-11(7-16-17)10-2-5-14-13(6-10)15-9-18(14)12-3-4-12/h2,5-9,12H,3-4H2,1H3. The Morgan fingerprint density at radius 3 is 2.83 bits per heavy atom. The van der Waals surface area contributed by atoms with Crippen LogP contribution in [0.2, 0.25) is 0 Å². The number of aryl methyl sites for hydroxylation is 1. The summed E-state index contributed by atoms with van der Waals surface area (Å²) in [4.78, 5) is 4.51. The number of benzene rings is 1. The summed E-state index contributed by atoms with van der Waals surface area (Å²) in [7, 11) is 1.93. The van der Waals surface area contributed by atoms with Gasteiger partial charge in [0.15, 0.2) is 0 Å². The lowest BCUT2D eigenvalue weighted by atomic mass is 10.1. The normalized spacial score (nSPS) is 15.4. The summed E-state index contributed by atoms with van der Waals surface area (Å²) in [5.74, 6) is 0. The van der Waals surface area contributed by atoms with Crippen LogP contribution in [0.5, 0.6) is 0 Å². The van der Waals surface area contributed by atoms with Crippen LogP contribution in [0.3, 0.4) is 0 Å². The fraction of sp³-hybridized carbons (Fsp3) is 0.286. The largest absolute Gasteiger partial charge is 0.327 e. The molecule has 0 aliphatic heterocycles. The molecule has 0 amide bonds. The molecule has 90 valence electrons. The van der Waals surface area contributed by atoms with Gasteiger partial charge in [0.1, 0.15) is 0 Å². The summed E-state index contributed by atoms with van der Waals surface area (Å²) >= 11 is 0. The van der Waals surface area contributed by atoms with Crippen LogP contribution in [0.4, 0.5) is 0 Å². The van der Waals surface area contributed by atoms with Crippen molar-refractivity contribution < 1.29 is 0 Å². The van der Waals surface area contributed by atoms with Gasteiger partial charge in [0.2, 0.25) is 0 Å². The number of rotatable bonds is 2. The van der Waals surface area contributed by atoms with Crippen molar-refractivity contribution in [2.75, 3.05) is 0 Å². The fourth-order valence-corrected chi connectivity index (χ4v) is 2.43. The summed E-state index contributed by atoms with van der Waals surface area (Å²) in [6.07, 6.45) is 8.46. The lowest BCUT2D eigenvalue weighted by Crippen LogP contribution is -1.90. The van der Waals surface area contributed by atoms with E-state index >= 15 is 0 Å². The van der Waals surface area contributed by atoms with E-state index in [1.807, 2.05) is 30.5 Å². The van der Waals surface area contributed by atoms with Gasteiger partial charge >= 0.3 is 0 Å². The van der Waals surface area contributed by atoms with Crippen LogP contribution in [0.15, 0.2) is 36.9 Å². The first-order valence-electron chi connectivity index (χ1n) is 6.27. The van der Waals surface area contributed by atoms with Crippen molar-refractivity contribution in [1.82, 2.24) is 19.3 Å². The molecule has 1 aromatic carbocycles. The van der Waals surface area contributed by atoms with E-state index in [0.717, 1.165) is 11.1 Å². The van der Waals surface area contributed by atoms with Gasteiger partial charge in [0, 0.05) is 24.8 Å². The zero-order chi connectivity index (χ0) is 12.1. The molecule has 2 aromatic heterocycles. The molecule has 0 atom stereocenters. The van der Waals surface area contributed by atoms with Crippen molar-refractivity contribution >= 4 is 11.0 Å². The molecular weight excluding hydrogens is 224 g/mol. The number of hydrogen-bond donors (Lipinski definition) is 0. The first-order chi connectivity index (χ1) is 8.81. The highest BCUT2D eigenvalue weighted by molar-refractivity contribution is 5.82. The molecule has 0 N–H and O–H groups in total. The van der Waals surface area contributed by atoms with Crippen molar-refractivity contribution in [1.29, 1.82) is 0 Å². The van der Waals surface area contributed by atoms with Gasteiger partial charge in [0.05, 0.1) is 23.6 Å². The molecule has 1 fully saturated rings. The van der Waals surface area contributed by atoms with Crippen LogP contribution in [0.1, 0.15) is 18.9 Å². The third-order valence-corrected chi connectivity index (χ3v) is 3.55. The second-order valence-corrected chi connectivity index (χ2v) is 4.99. The van der Waals surface area contributed by atoms with Crippen molar-refractivity contribution in [3.63, 3.8) is 0 Å². The summed E-state index contributed by atoms with van der Waals surface area (Å²) in [6.45, 7) is 0. The summed E-state index contributed by atoms with van der Waals surface area (Å²) in [5.41, 5.74) is 4.63. The zero-order valence-electron chi connectivity index (χ0n) is 10.2. The van der Waals surface area contributed by atoms with Crippen molar-refractivity contribution in [2.24, 2.45) is 7.05 Å². The number of nitrogens with zero attached hydrogens (tertiary/aromatic N) is 4. The van der Waals surface area contributed by atoms with Gasteiger partial charge in [-0.2, -0.15) is 5.10 Å². The van der Waals surface area contributed by atoms with Crippen LogP contribution in [0, 0.1) is 0 Å². The lowest BCUT2D eigenvalue weighted by molar-refractivity contribution is 0.766. The molecule has 0 unspecified atom stereocenters. The third-order valence-electron chi connectivity index (χ3n) is 3.55. The minimum Gasteiger partial charge on any atom is -0.327 e. The van der Waals surface area contributed by atoms with E-state index in [0.29, 0.717) is 6.04 Å². The average Bonchev–Trinajstić information content (AvgIpc) is 2.99. The van der Waals surface area contributed by atoms with Crippen LogP contribution in [-0.2, 0) is 7.05 Å². The Labute approximate surface area is 105 Å². The van der Waals surface area contributed by atoms with Gasteiger partial charge in [-0.25, -0.2) is 4.98 Å². The molecule has 4 rings (SSSR count). The Hall–Kier alpha value is -2.10. The van der Waals surface area contributed by atoms with E-state index in [1.54, 1.807) is 0 Å². The second kappa shape index (κ2) is 3.45. The van der Waals surface area contributed by atoms with E-state index in [1.165, 1.54) is 23.9 Å². The Balaban J connectivity index is 1.84. The van der Waals surface area contributed by atoms with Crippen molar-refractivity contribution in [2.45, 2.75) is 18.9 Å². The molecule has 0 spiro atoms. The molecule has 3 aromatic rings. The maximum absolute atomic E-state index is 4.51. The van der Waals surface area contributed by atoms with E-state index in [4.69, 9.17) is 0 Å². The van der Waals surface area contributed by atoms with Gasteiger partial charge < -0.3 is 4.57 Å². The monoisotopic (exact) mass is 238 g/mol. The van der Waals surface area contributed by atoms with Crippen molar-refractivity contribution in [3.8, 4) is 11.1 Å². The van der Waals surface area contributed by atoms with E-state index in [2.05, 4.69) is 32.8 Å². The predicted octanol–water partition coefficient (Wildman–Crippen LogP) is 2.77. The molecule has 4 heteroatoms. The van der Waals surface area contributed by atoms with E-state index in [-0.39, 0.29) is 0 Å². The lowest BCUT2D eigenvalue weighted by Gasteiger charge is -2.01. The number of aromatic nitrogens is 4. The van der Waals surface area contributed by atoms with Crippen LogP contribution < -0.4 is 0 Å². The van der Waals surface area contributed by atoms with Gasteiger partial charge in [-0.3, -0.25) is 4.68 Å². The maximum Gasteiger partial charge on any atom is 0.0960 e. The molecule has 1 aliphatic rings. The van der Waals surface area contributed by atoms with Gasteiger partial charge in [0.25, 0.3) is 0 Å². The first-order valence-corrected chi connectivity index (χ1v) is 6.27. The van der Waals surface area contributed by atoms with Crippen LogP contribution >= 0.6 is 0 Å². The van der Waals surface area contributed by atoms with Crippen LogP contribution in [0.25, 0.3) is 22.2 Å². The third kappa shape index (κ3) is 1.45. The van der Waals surface area contributed by atoms with Gasteiger partial charge in [-0.15, -0.1) is 0 Å². The van der Waals surface area contributed by atoms with Crippen LogP contribution in [-0.4, -0.2) is 19.3 Å². The minimum atomic E-state index is 0.680. The highest BCUT2D eigenvalue weighted by Crippen LogP contribution is 2.37. The molecule has 1 aliphatic carbocycles. The Bertz CT molecular complexity index is 718. The fourth-order valence-electron chi connectivity index (χ4n) is 2.43. The Morgan fingerprint density at radius 2 is 2.11 bits per heavy atom. The molecule has 2 heterocycles. The second-order valence-electron chi connectivity index (χ2n) is 4.99. The highest BCUT2D eigenvalue weighted by Gasteiger charge is 2.24. The van der Waals surface area contributed by atoms with Crippen molar-refractivity contribution in [3.05, 3.63) is 36.9 Å². The molecule has 0 radical (unpaired) electrons. The molecule has 0 bridgehead atoms. The molecule has 1 saturated carbocycles. The van der Waals surface area contributed by atoms with Gasteiger partial charge in [-0.05, 0) is 30.5 Å². The molecule has 0 saturated heterocycles. The van der Waals surface area contributed by atoms with E-state index in [9.17, 15) is 0 Å². The summed E-state index contributed by atoms with van der Waals surface area (Å²) in [6, 6.07) is 7.15. The highest BCUT2D eigenvalue weighted by atomic mass is 15.2. The summed E-state index contributed by atoms with van der Waals surface area (Å²) < 4.78 is 4.12. The first kappa shape index (κ1) is 9.88.